The van der Waals surface area contributed by atoms with Gasteiger partial charge < -0.3 is 10.6 Å². The maximum absolute atomic E-state index is 13.5. The van der Waals surface area contributed by atoms with E-state index in [1.54, 1.807) is 19.1 Å². The molecular formula is C25H29FN6O2. The molecule has 0 aliphatic heterocycles. The molecule has 3 aromatic rings. The predicted molar refractivity (Wildman–Crippen MR) is 124 cm³/mol. The summed E-state index contributed by atoms with van der Waals surface area (Å²) in [6.07, 6.45) is 4.89. The van der Waals surface area contributed by atoms with Gasteiger partial charge in [0.1, 0.15) is 23.5 Å². The first-order chi connectivity index (χ1) is 16.2. The lowest BCUT2D eigenvalue weighted by Gasteiger charge is -2.60. The lowest BCUT2D eigenvalue weighted by Crippen LogP contribution is -2.54. The van der Waals surface area contributed by atoms with E-state index in [1.807, 2.05) is 0 Å². The number of amides is 2. The van der Waals surface area contributed by atoms with Gasteiger partial charge in [-0.15, -0.1) is 0 Å². The van der Waals surface area contributed by atoms with Gasteiger partial charge in [0.25, 0.3) is 17.6 Å². The first-order valence-corrected chi connectivity index (χ1v) is 11.8. The van der Waals surface area contributed by atoms with Gasteiger partial charge in [-0.3, -0.25) is 9.59 Å². The Kier molecular flexibility index (Phi) is 5.58. The van der Waals surface area contributed by atoms with E-state index in [4.69, 9.17) is 0 Å². The van der Waals surface area contributed by atoms with E-state index in [1.165, 1.54) is 35.8 Å². The van der Waals surface area contributed by atoms with Gasteiger partial charge in [-0.25, -0.2) is 9.37 Å². The molecule has 0 radical (unpaired) electrons. The van der Waals surface area contributed by atoms with E-state index in [9.17, 15) is 14.0 Å². The second-order valence-electron chi connectivity index (χ2n) is 10.2. The molecule has 3 aliphatic carbocycles. The first-order valence-electron chi connectivity index (χ1n) is 11.8. The first kappa shape index (κ1) is 22.4. The normalized spacial score (nSPS) is 22.8. The molecule has 9 heteroatoms. The lowest BCUT2D eigenvalue weighted by atomic mass is 9.45. The van der Waals surface area contributed by atoms with Crippen LogP contribution >= 0.6 is 0 Å². The predicted octanol–water partition coefficient (Wildman–Crippen LogP) is 3.30. The van der Waals surface area contributed by atoms with E-state index in [0.717, 1.165) is 17.9 Å². The molecule has 3 fully saturated rings. The van der Waals surface area contributed by atoms with Crippen LogP contribution in [-0.2, 0) is 6.54 Å². The lowest BCUT2D eigenvalue weighted by molar-refractivity contribution is -0.103. The summed E-state index contributed by atoms with van der Waals surface area (Å²) in [5, 5.41) is 9.94. The number of fused-ring (bicyclic) bond motifs is 3. The highest BCUT2D eigenvalue weighted by atomic mass is 19.1. The number of halogens is 1. The van der Waals surface area contributed by atoms with Crippen molar-refractivity contribution >= 4 is 17.6 Å². The Bertz CT molecular complexity index is 1270. The minimum atomic E-state index is -0.448. The van der Waals surface area contributed by atoms with Crippen molar-refractivity contribution in [2.45, 2.75) is 46.6 Å². The summed E-state index contributed by atoms with van der Waals surface area (Å²) < 4.78 is 14.8. The molecule has 2 heterocycles. The number of aryl methyl sites for hydroxylation is 1. The zero-order chi connectivity index (χ0) is 24.0. The summed E-state index contributed by atoms with van der Waals surface area (Å²) in [5.74, 6) is 1.02. The van der Waals surface area contributed by atoms with Crippen molar-refractivity contribution in [3.05, 3.63) is 58.9 Å². The van der Waals surface area contributed by atoms with Gasteiger partial charge in [0.2, 0.25) is 0 Å². The summed E-state index contributed by atoms with van der Waals surface area (Å²) in [6, 6.07) is 6.11. The van der Waals surface area contributed by atoms with E-state index in [-0.39, 0.29) is 35.4 Å². The SMILES string of the molecule is Cc1cc(CNC(=O)c2cc(C(=O)NC[C@@H]3CC[C@H]4C[C@@H]3C4(C)C)n3ncnc3n2)ccc1F. The minimum absolute atomic E-state index is 0.0742. The van der Waals surface area contributed by atoms with E-state index in [0.29, 0.717) is 29.4 Å². The molecule has 3 atom stereocenters. The van der Waals surface area contributed by atoms with Gasteiger partial charge in [-0.2, -0.15) is 14.6 Å². The van der Waals surface area contributed by atoms with Crippen LogP contribution in [0, 0.1) is 35.9 Å². The number of rotatable bonds is 6. The Labute approximate surface area is 197 Å². The van der Waals surface area contributed by atoms with Crippen LogP contribution in [0.15, 0.2) is 30.6 Å². The quantitative estimate of drug-likeness (QED) is 0.583. The van der Waals surface area contributed by atoms with Crippen LogP contribution in [0.3, 0.4) is 0 Å². The number of aromatic nitrogens is 4. The third-order valence-corrected chi connectivity index (χ3v) is 7.92. The van der Waals surface area contributed by atoms with Crippen molar-refractivity contribution in [1.82, 2.24) is 30.2 Å². The fourth-order valence-electron chi connectivity index (χ4n) is 5.70. The van der Waals surface area contributed by atoms with Crippen LogP contribution in [0.1, 0.15) is 65.2 Å². The molecule has 2 bridgehead atoms. The monoisotopic (exact) mass is 464 g/mol. The van der Waals surface area contributed by atoms with Crippen LogP contribution < -0.4 is 10.6 Å². The second kappa shape index (κ2) is 8.45. The number of carbonyl (C=O) groups excluding carboxylic acids is 2. The van der Waals surface area contributed by atoms with E-state index < -0.39 is 5.91 Å². The van der Waals surface area contributed by atoms with Gasteiger partial charge in [0.15, 0.2) is 0 Å². The molecule has 3 aliphatic rings. The molecule has 2 N–H and O–H groups in total. The maximum atomic E-state index is 13.5. The van der Waals surface area contributed by atoms with Crippen LogP contribution in [0.5, 0.6) is 0 Å². The maximum Gasteiger partial charge on any atom is 0.270 e. The largest absolute Gasteiger partial charge is 0.350 e. The molecule has 0 spiro atoms. The summed E-state index contributed by atoms with van der Waals surface area (Å²) in [6.45, 7) is 7.15. The van der Waals surface area contributed by atoms with Gasteiger partial charge in [0, 0.05) is 19.2 Å². The standard InChI is InChI=1S/C25H29FN6O2/c1-14-8-15(4-7-19(14)26)11-27-22(33)20-10-21(32-24(31-20)29-13-30-32)23(34)28-12-16-5-6-17-9-18(16)25(17,2)3/h4,7-8,10,13,16-18H,5-6,9,11-12H2,1-3H3,(H,27,33)(H,28,34)/t16-,17-,18-/m0/s1. The van der Waals surface area contributed by atoms with Crippen LogP contribution in [-0.4, -0.2) is 37.9 Å². The molecule has 1 aromatic carbocycles. The van der Waals surface area contributed by atoms with Crippen molar-refractivity contribution in [2.24, 2.45) is 23.2 Å². The molecule has 34 heavy (non-hydrogen) atoms. The number of carbonyl (C=O) groups is 2. The number of nitrogens with one attached hydrogen (secondary N) is 2. The second-order valence-corrected chi connectivity index (χ2v) is 10.2. The highest BCUT2D eigenvalue weighted by Crippen LogP contribution is 2.61. The number of hydrogen-bond donors (Lipinski definition) is 2. The van der Waals surface area contributed by atoms with Gasteiger partial charge in [-0.05, 0) is 66.5 Å². The molecular weight excluding hydrogens is 435 g/mol. The Morgan fingerprint density at radius 1 is 1.18 bits per heavy atom. The van der Waals surface area contributed by atoms with E-state index in [2.05, 4.69) is 39.5 Å². The Hall–Kier alpha value is -3.36. The topological polar surface area (TPSA) is 101 Å². The number of benzene rings is 1. The van der Waals surface area contributed by atoms with E-state index >= 15 is 0 Å². The summed E-state index contributed by atoms with van der Waals surface area (Å²) >= 11 is 0. The average molecular weight is 465 g/mol. The fourth-order valence-corrected chi connectivity index (χ4v) is 5.70. The van der Waals surface area contributed by atoms with Crippen molar-refractivity contribution in [2.75, 3.05) is 6.54 Å². The zero-order valence-corrected chi connectivity index (χ0v) is 19.6. The third kappa shape index (κ3) is 3.93. The van der Waals surface area contributed by atoms with Gasteiger partial charge in [-0.1, -0.05) is 26.0 Å². The Morgan fingerprint density at radius 2 is 2.00 bits per heavy atom. The van der Waals surface area contributed by atoms with Crippen LogP contribution in [0.4, 0.5) is 4.39 Å². The van der Waals surface area contributed by atoms with Crippen LogP contribution in [0.25, 0.3) is 5.78 Å². The number of hydrogen-bond acceptors (Lipinski definition) is 5. The Morgan fingerprint density at radius 3 is 2.74 bits per heavy atom. The molecule has 0 unspecified atom stereocenters. The van der Waals surface area contributed by atoms with Crippen molar-refractivity contribution in [3.8, 4) is 0 Å². The van der Waals surface area contributed by atoms with Crippen molar-refractivity contribution < 1.29 is 14.0 Å². The van der Waals surface area contributed by atoms with Crippen LogP contribution in [0.2, 0.25) is 0 Å². The molecule has 2 amide bonds. The fraction of sp³-hybridized carbons (Fsp3) is 0.480. The smallest absolute Gasteiger partial charge is 0.270 e. The molecule has 178 valence electrons. The molecule has 8 nitrogen and oxygen atoms in total. The highest BCUT2D eigenvalue weighted by Gasteiger charge is 2.53. The van der Waals surface area contributed by atoms with Gasteiger partial charge in [0.05, 0.1) is 0 Å². The van der Waals surface area contributed by atoms with Gasteiger partial charge >= 0.3 is 0 Å². The van der Waals surface area contributed by atoms with Crippen molar-refractivity contribution in [3.63, 3.8) is 0 Å². The van der Waals surface area contributed by atoms with Crippen molar-refractivity contribution in [1.29, 1.82) is 0 Å². The molecule has 2 aromatic heterocycles. The third-order valence-electron chi connectivity index (χ3n) is 7.92. The Balaban J connectivity index is 1.29. The highest BCUT2D eigenvalue weighted by molar-refractivity contribution is 5.98. The zero-order valence-electron chi connectivity index (χ0n) is 19.6. The molecule has 6 rings (SSSR count). The summed E-state index contributed by atoms with van der Waals surface area (Å²) in [5.41, 5.74) is 1.91. The number of nitrogens with zero attached hydrogens (tertiary/aromatic N) is 4. The average Bonchev–Trinajstić information content (AvgIpc) is 3.31. The molecule has 0 saturated heterocycles. The minimum Gasteiger partial charge on any atom is -0.350 e. The summed E-state index contributed by atoms with van der Waals surface area (Å²) in [7, 11) is 0. The molecule has 3 saturated carbocycles. The summed E-state index contributed by atoms with van der Waals surface area (Å²) in [4.78, 5) is 34.2.